The molecule has 8 nitrogen and oxygen atoms in total. The first kappa shape index (κ1) is 29.6. The fourth-order valence-corrected chi connectivity index (χ4v) is 6.75. The summed E-state index contributed by atoms with van der Waals surface area (Å²) >= 11 is 1.40. The van der Waals surface area contributed by atoms with Crippen molar-refractivity contribution < 1.29 is 17.9 Å². The number of rotatable bonds is 14. The standard InChI is InChI=1S/C30H36N4O4S2/c1-4-7-19-33(20-8-5-2)40(36,37)26-15-12-23(13-16-26)29(35)34(22-24-11-9-10-18-31-24)30-32-27-17-14-25(38-6-3)21-28(27)39-30/h9-18,21H,4-8,19-20,22H2,1-3H3. The van der Waals surface area contributed by atoms with Gasteiger partial charge in [0.1, 0.15) is 5.75 Å². The molecule has 0 radical (unpaired) electrons. The number of hydrogen-bond acceptors (Lipinski definition) is 7. The molecule has 0 bridgehead atoms. The van der Waals surface area contributed by atoms with Gasteiger partial charge in [0.25, 0.3) is 5.91 Å². The van der Waals surface area contributed by atoms with E-state index in [2.05, 4.69) is 4.98 Å². The van der Waals surface area contributed by atoms with Crippen molar-refractivity contribution in [2.45, 2.75) is 57.9 Å². The van der Waals surface area contributed by atoms with E-state index in [1.807, 2.05) is 57.2 Å². The van der Waals surface area contributed by atoms with Crippen LogP contribution in [0.4, 0.5) is 5.13 Å². The maximum Gasteiger partial charge on any atom is 0.260 e. The van der Waals surface area contributed by atoms with Crippen LogP contribution in [-0.4, -0.2) is 48.3 Å². The minimum atomic E-state index is -3.66. The van der Waals surface area contributed by atoms with Crippen molar-refractivity contribution in [3.63, 3.8) is 0 Å². The van der Waals surface area contributed by atoms with Gasteiger partial charge in [-0.2, -0.15) is 4.31 Å². The van der Waals surface area contributed by atoms with Gasteiger partial charge in [-0.1, -0.05) is 44.1 Å². The van der Waals surface area contributed by atoms with Crippen LogP contribution < -0.4 is 9.64 Å². The number of sulfonamides is 1. The molecule has 0 atom stereocenters. The topological polar surface area (TPSA) is 92.7 Å². The van der Waals surface area contributed by atoms with E-state index in [1.165, 1.54) is 23.5 Å². The summed E-state index contributed by atoms with van der Waals surface area (Å²) in [4.78, 5) is 24.8. The van der Waals surface area contributed by atoms with Crippen LogP contribution in [0.5, 0.6) is 5.75 Å². The fourth-order valence-electron chi connectivity index (χ4n) is 4.24. The second-order valence-electron chi connectivity index (χ2n) is 9.41. The number of unbranched alkanes of at least 4 members (excludes halogenated alkanes) is 2. The molecule has 0 aliphatic heterocycles. The monoisotopic (exact) mass is 580 g/mol. The molecule has 0 aliphatic carbocycles. The van der Waals surface area contributed by atoms with Crippen LogP contribution in [0.3, 0.4) is 0 Å². The molecule has 0 fully saturated rings. The van der Waals surface area contributed by atoms with Crippen molar-refractivity contribution in [3.8, 4) is 5.75 Å². The van der Waals surface area contributed by atoms with Gasteiger partial charge in [0, 0.05) is 24.8 Å². The molecule has 2 heterocycles. The zero-order valence-electron chi connectivity index (χ0n) is 23.2. The normalized spacial score (nSPS) is 11.7. The molecular weight excluding hydrogens is 544 g/mol. The first-order valence-corrected chi connectivity index (χ1v) is 16.0. The Hall–Kier alpha value is -3.34. The average molecular weight is 581 g/mol. The summed E-state index contributed by atoms with van der Waals surface area (Å²) in [5, 5.41) is 0.529. The number of aromatic nitrogens is 2. The summed E-state index contributed by atoms with van der Waals surface area (Å²) in [5.41, 5.74) is 1.85. The van der Waals surface area contributed by atoms with Gasteiger partial charge < -0.3 is 4.74 Å². The Morgan fingerprint density at radius 2 is 1.68 bits per heavy atom. The Morgan fingerprint density at radius 3 is 2.30 bits per heavy atom. The number of benzene rings is 2. The predicted molar refractivity (Wildman–Crippen MR) is 161 cm³/mol. The van der Waals surface area contributed by atoms with Crippen LogP contribution >= 0.6 is 11.3 Å². The van der Waals surface area contributed by atoms with Crippen molar-refractivity contribution in [3.05, 3.63) is 78.1 Å². The number of hydrogen-bond donors (Lipinski definition) is 0. The molecule has 0 saturated heterocycles. The number of anilines is 1. The third-order valence-corrected chi connectivity index (χ3v) is 9.40. The summed E-state index contributed by atoms with van der Waals surface area (Å²) in [7, 11) is -3.66. The SMILES string of the molecule is CCCCN(CCCC)S(=O)(=O)c1ccc(C(=O)N(Cc2ccccn2)c2nc3ccc(OCC)cc3s2)cc1. The first-order chi connectivity index (χ1) is 19.4. The number of thiazole rings is 1. The highest BCUT2D eigenvalue weighted by molar-refractivity contribution is 7.89. The van der Waals surface area contributed by atoms with Crippen molar-refractivity contribution in [1.29, 1.82) is 0 Å². The Balaban J connectivity index is 1.65. The van der Waals surface area contributed by atoms with Crippen LogP contribution in [0, 0.1) is 0 Å². The van der Waals surface area contributed by atoms with Gasteiger partial charge >= 0.3 is 0 Å². The number of carbonyl (C=O) groups is 1. The van der Waals surface area contributed by atoms with E-state index >= 15 is 0 Å². The van der Waals surface area contributed by atoms with Gasteiger partial charge in [-0.3, -0.25) is 14.7 Å². The van der Waals surface area contributed by atoms with Gasteiger partial charge in [0.15, 0.2) is 5.13 Å². The van der Waals surface area contributed by atoms with Crippen LogP contribution in [0.25, 0.3) is 10.2 Å². The Kier molecular flexibility index (Phi) is 10.2. The maximum atomic E-state index is 13.9. The Morgan fingerprint density at radius 1 is 0.950 bits per heavy atom. The number of pyridine rings is 1. The summed E-state index contributed by atoms with van der Waals surface area (Å²) in [6.45, 7) is 7.78. The van der Waals surface area contributed by atoms with Crippen LogP contribution in [0.15, 0.2) is 71.8 Å². The van der Waals surface area contributed by atoms with E-state index in [0.717, 1.165) is 41.6 Å². The molecule has 4 rings (SSSR count). The van der Waals surface area contributed by atoms with Crippen LogP contribution in [-0.2, 0) is 16.6 Å². The van der Waals surface area contributed by atoms with E-state index < -0.39 is 10.0 Å². The molecule has 2 aromatic heterocycles. The molecule has 1 amide bonds. The fraction of sp³-hybridized carbons (Fsp3) is 0.367. The number of carbonyl (C=O) groups excluding carboxylic acids is 1. The lowest BCUT2D eigenvalue weighted by Gasteiger charge is -2.22. The minimum absolute atomic E-state index is 0.191. The molecule has 10 heteroatoms. The lowest BCUT2D eigenvalue weighted by atomic mass is 10.2. The zero-order chi connectivity index (χ0) is 28.5. The molecular formula is C30H36N4O4S2. The van der Waals surface area contributed by atoms with Gasteiger partial charge in [0.2, 0.25) is 10.0 Å². The smallest absolute Gasteiger partial charge is 0.260 e. The number of amides is 1. The average Bonchev–Trinajstić information content (AvgIpc) is 3.39. The van der Waals surface area contributed by atoms with Crippen LogP contribution in [0.2, 0.25) is 0 Å². The van der Waals surface area contributed by atoms with Crippen LogP contribution in [0.1, 0.15) is 62.5 Å². The first-order valence-electron chi connectivity index (χ1n) is 13.7. The van der Waals surface area contributed by atoms with Crippen molar-refractivity contribution in [2.24, 2.45) is 0 Å². The lowest BCUT2D eigenvalue weighted by Crippen LogP contribution is -2.33. The van der Waals surface area contributed by atoms with Crippen molar-refractivity contribution >= 4 is 42.6 Å². The van der Waals surface area contributed by atoms with Gasteiger partial charge in [0.05, 0.1) is 34.0 Å². The third-order valence-electron chi connectivity index (χ3n) is 6.44. The Bertz CT molecular complexity index is 1500. The van der Waals surface area contributed by atoms with Gasteiger partial charge in [-0.25, -0.2) is 13.4 Å². The lowest BCUT2D eigenvalue weighted by molar-refractivity contribution is 0.0984. The van der Waals surface area contributed by atoms with Crippen molar-refractivity contribution in [2.75, 3.05) is 24.6 Å². The highest BCUT2D eigenvalue weighted by atomic mass is 32.2. The summed E-state index contributed by atoms with van der Waals surface area (Å²) in [6, 6.07) is 17.4. The van der Waals surface area contributed by atoms with E-state index in [1.54, 1.807) is 27.5 Å². The third kappa shape index (κ3) is 7.04. The molecule has 0 N–H and O–H groups in total. The largest absolute Gasteiger partial charge is 0.494 e. The zero-order valence-corrected chi connectivity index (χ0v) is 24.9. The molecule has 0 spiro atoms. The summed E-state index contributed by atoms with van der Waals surface area (Å²) in [5.74, 6) is 0.462. The maximum absolute atomic E-state index is 13.9. The van der Waals surface area contributed by atoms with Gasteiger partial charge in [-0.15, -0.1) is 0 Å². The molecule has 2 aromatic carbocycles. The van der Waals surface area contributed by atoms with E-state index in [-0.39, 0.29) is 17.3 Å². The van der Waals surface area contributed by atoms with E-state index in [9.17, 15) is 13.2 Å². The molecule has 0 aliphatic rings. The van der Waals surface area contributed by atoms with Crippen molar-refractivity contribution in [1.82, 2.24) is 14.3 Å². The molecule has 40 heavy (non-hydrogen) atoms. The quantitative estimate of drug-likeness (QED) is 0.168. The molecule has 0 unspecified atom stereocenters. The molecule has 4 aromatic rings. The number of ether oxygens (including phenoxy) is 1. The summed E-state index contributed by atoms with van der Waals surface area (Å²) in [6.07, 6.45) is 5.12. The predicted octanol–water partition coefficient (Wildman–Crippen LogP) is 6.53. The van der Waals surface area contributed by atoms with Gasteiger partial charge in [-0.05, 0) is 74.4 Å². The van der Waals surface area contributed by atoms with E-state index in [4.69, 9.17) is 9.72 Å². The second-order valence-corrected chi connectivity index (χ2v) is 12.4. The Labute approximate surface area is 240 Å². The second kappa shape index (κ2) is 13.8. The molecule has 212 valence electrons. The minimum Gasteiger partial charge on any atom is -0.494 e. The number of fused-ring (bicyclic) bond motifs is 1. The molecule has 0 saturated carbocycles. The highest BCUT2D eigenvalue weighted by Gasteiger charge is 2.26. The van der Waals surface area contributed by atoms with E-state index in [0.29, 0.717) is 36.1 Å². The number of nitrogens with zero attached hydrogens (tertiary/aromatic N) is 4. The highest BCUT2D eigenvalue weighted by Crippen LogP contribution is 2.33. The summed E-state index contributed by atoms with van der Waals surface area (Å²) < 4.78 is 34.9.